The van der Waals surface area contributed by atoms with Gasteiger partial charge in [-0.15, -0.1) is 0 Å². The minimum absolute atomic E-state index is 0.0775. The van der Waals surface area contributed by atoms with Crippen LogP contribution in [0.15, 0.2) is 35.1 Å². The Morgan fingerprint density at radius 3 is 2.89 bits per heavy atom. The van der Waals surface area contributed by atoms with Crippen molar-refractivity contribution in [3.05, 3.63) is 44.3 Å². The van der Waals surface area contributed by atoms with E-state index in [1.165, 1.54) is 0 Å². The molecule has 0 bridgehead atoms. The average molecular weight is 483 g/mol. The number of anilines is 2. The third-order valence-electron chi connectivity index (χ3n) is 4.86. The second-order valence-corrected chi connectivity index (χ2v) is 9.03. The van der Waals surface area contributed by atoms with Crippen LogP contribution >= 0.6 is 0 Å². The number of ether oxygens (including phenoxy) is 1. The van der Waals surface area contributed by atoms with Gasteiger partial charge in [-0.25, -0.2) is 0 Å². The molecule has 0 amide bonds. The molecule has 4 N–H and O–H groups in total. The second-order valence-electron chi connectivity index (χ2n) is 6.50. The second kappa shape index (κ2) is 6.74. The molecule has 1 aromatic heterocycles. The summed E-state index contributed by atoms with van der Waals surface area (Å²) in [4.78, 5) is 21.0. The number of nitrogens with two attached hydrogens (primary N) is 1. The number of aromatic amines is 1. The molecule has 4 atom stereocenters. The van der Waals surface area contributed by atoms with Crippen molar-refractivity contribution in [1.29, 1.82) is 0 Å². The van der Waals surface area contributed by atoms with Crippen molar-refractivity contribution < 1.29 is 40.4 Å². The summed E-state index contributed by atoms with van der Waals surface area (Å²) in [5, 5.41) is 9.75. The fourth-order valence-electron chi connectivity index (χ4n) is 3.64. The van der Waals surface area contributed by atoms with Crippen LogP contribution in [0.3, 0.4) is 0 Å². The Hall–Kier alpha value is -1.67. The summed E-state index contributed by atoms with van der Waals surface area (Å²) < 4.78 is 19.6. The summed E-state index contributed by atoms with van der Waals surface area (Å²) in [6.07, 6.45) is -1.79. The predicted octanol–water partition coefficient (Wildman–Crippen LogP) is -4.72. The van der Waals surface area contributed by atoms with Crippen LogP contribution < -0.4 is 42.9 Å². The van der Waals surface area contributed by atoms with Gasteiger partial charge < -0.3 is 0 Å². The van der Waals surface area contributed by atoms with E-state index in [2.05, 4.69) is 9.97 Å². The van der Waals surface area contributed by atoms with Crippen LogP contribution in [0.1, 0.15) is 0 Å². The molecule has 5 rings (SSSR count). The number of nitrogen functional groups attached to an aromatic ring is 1. The fraction of sp³-hybridized carbons (Fsp3) is 0.375. The number of fused-ring (bicyclic) bond motifs is 2. The molecule has 3 aliphatic rings. The van der Waals surface area contributed by atoms with Gasteiger partial charge in [0.1, 0.15) is 0 Å². The molecule has 142 valence electrons. The van der Waals surface area contributed by atoms with E-state index in [1.807, 2.05) is 35.2 Å². The Morgan fingerprint density at radius 1 is 1.33 bits per heavy atom. The summed E-state index contributed by atoms with van der Waals surface area (Å²) in [5.74, 6) is 0.631. The number of alkyl halides is 1. The first kappa shape index (κ1) is 17.4. The van der Waals surface area contributed by atoms with Crippen molar-refractivity contribution in [2.75, 3.05) is 21.8 Å². The van der Waals surface area contributed by atoms with E-state index in [1.54, 1.807) is 0 Å². The molecule has 27 heavy (non-hydrogen) atoms. The van der Waals surface area contributed by atoms with Gasteiger partial charge in [0.15, 0.2) is 0 Å². The summed E-state index contributed by atoms with van der Waals surface area (Å²) in [7, 11) is -0.518. The maximum absolute atomic E-state index is 12.2. The number of rotatable bonds is 3. The molecule has 0 spiro atoms. The first-order valence-electron chi connectivity index (χ1n) is 8.53. The van der Waals surface area contributed by atoms with Crippen LogP contribution in [-0.4, -0.2) is 57.9 Å². The van der Waals surface area contributed by atoms with Crippen LogP contribution in [0, 0.1) is 3.57 Å². The summed E-state index contributed by atoms with van der Waals surface area (Å²) in [5.41, 5.74) is 6.46. The minimum atomic E-state index is -0.539. The monoisotopic (exact) mass is 483 g/mol. The molecule has 0 radical (unpaired) electrons. The molecule has 1 aromatic carbocycles. The van der Waals surface area contributed by atoms with Gasteiger partial charge in [0.2, 0.25) is 0 Å². The fourth-order valence-corrected chi connectivity index (χ4v) is 6.32. The molecular formula is C16H17BIN4O5-. The van der Waals surface area contributed by atoms with Gasteiger partial charge in [-0.2, -0.15) is 0 Å². The van der Waals surface area contributed by atoms with Crippen molar-refractivity contribution in [2.45, 2.75) is 24.5 Å². The predicted molar refractivity (Wildman–Crippen MR) is 92.6 cm³/mol. The topological polar surface area (TPSA) is 123 Å². The van der Waals surface area contributed by atoms with Gasteiger partial charge in [0.25, 0.3) is 0 Å². The molecule has 2 saturated heterocycles. The van der Waals surface area contributed by atoms with Gasteiger partial charge in [0.05, 0.1) is 0 Å². The van der Waals surface area contributed by atoms with E-state index in [-0.39, 0.29) is 18.1 Å². The molecule has 0 unspecified atom stereocenters. The van der Waals surface area contributed by atoms with Crippen LogP contribution in [0.25, 0.3) is 0 Å². The van der Waals surface area contributed by atoms with E-state index in [0.29, 0.717) is 13.9 Å². The molecule has 4 heterocycles. The van der Waals surface area contributed by atoms with E-state index >= 15 is 0 Å². The van der Waals surface area contributed by atoms with Crippen LogP contribution in [-0.2, 0) is 14.0 Å². The van der Waals surface area contributed by atoms with Crippen LogP contribution in [0.4, 0.5) is 11.8 Å². The number of halogens is 1. The van der Waals surface area contributed by atoms with Crippen molar-refractivity contribution in [3.63, 3.8) is 0 Å². The van der Waals surface area contributed by atoms with Crippen LogP contribution in [0.2, 0.25) is 0 Å². The average Bonchev–Trinajstić information content (AvgIpc) is 3.35. The molecule has 11 heteroatoms. The van der Waals surface area contributed by atoms with Crippen molar-refractivity contribution in [3.8, 4) is 0 Å². The van der Waals surface area contributed by atoms with E-state index in [9.17, 15) is 9.90 Å². The number of nitrogens with one attached hydrogen (secondary N) is 1. The Balaban J connectivity index is 1.46. The van der Waals surface area contributed by atoms with E-state index < -0.39 is 52.9 Å². The van der Waals surface area contributed by atoms with Crippen molar-refractivity contribution in [2.24, 2.45) is 0 Å². The molecule has 9 nitrogen and oxygen atoms in total. The number of aromatic nitrogens is 2. The number of aliphatic hydroxyl groups excluding tert-OH is 1. The Morgan fingerprint density at radius 2 is 2.11 bits per heavy atom. The number of hydrogen-bond acceptors (Lipinski definition) is 8. The zero-order chi connectivity index (χ0) is 18.5. The number of aliphatic hydroxyl groups is 1. The first-order valence-corrected chi connectivity index (χ1v) is 11.1. The quantitative estimate of drug-likeness (QED) is 0.173. The van der Waals surface area contributed by atoms with Gasteiger partial charge >= 0.3 is 165 Å². The number of nitrogens with zero attached hydrogens (tertiary/aromatic N) is 2. The Labute approximate surface area is 165 Å². The Bertz CT molecular complexity index is 915. The zero-order valence-corrected chi connectivity index (χ0v) is 16.3. The number of H-pyrrole nitrogens is 1. The third kappa shape index (κ3) is 2.84. The zero-order valence-electron chi connectivity index (χ0n) is 14.1. The molecule has 0 aliphatic carbocycles. The van der Waals surface area contributed by atoms with E-state index in [4.69, 9.17) is 19.8 Å². The molecule has 2 aromatic rings. The van der Waals surface area contributed by atoms with Gasteiger partial charge in [-0.05, 0) is 0 Å². The summed E-state index contributed by atoms with van der Waals surface area (Å²) >= 11 is -0.539. The number of hydrogen-bond donors (Lipinski definition) is 3. The molecular weight excluding hydrogens is 466 g/mol. The normalized spacial score (nSPS) is 29.5. The third-order valence-corrected chi connectivity index (χ3v) is 7.67. The van der Waals surface area contributed by atoms with Crippen molar-refractivity contribution in [1.82, 2.24) is 9.97 Å². The number of benzene rings is 1. The van der Waals surface area contributed by atoms with Crippen LogP contribution in [0.5, 0.6) is 0 Å². The van der Waals surface area contributed by atoms with Gasteiger partial charge in [0, 0.05) is 0 Å². The summed E-state index contributed by atoms with van der Waals surface area (Å²) in [6.45, 7) is -0.177. The maximum atomic E-state index is 12.2. The standard InChI is InChI=1S/C16H17BIN4O5/c19-16-20-13-10(14(24)21-16)18-7-22(13)15-12-11(9(6-23)25-15)26-17(27-12)8-4-2-1-3-5-8/h1-5,9,11-12,15,23H,6-7H2,(H3,19,20,21,24)/q-1/t9-,11-,12-,15-/m1/s1. The summed E-state index contributed by atoms with van der Waals surface area (Å²) in [6, 6.07) is 9.66. The first-order chi connectivity index (χ1) is 13.2. The van der Waals surface area contributed by atoms with Crippen molar-refractivity contribution >= 4 is 24.3 Å². The van der Waals surface area contributed by atoms with Gasteiger partial charge in [-0.3, -0.25) is 0 Å². The Kier molecular flexibility index (Phi) is 4.35. The molecule has 3 aliphatic heterocycles. The van der Waals surface area contributed by atoms with Gasteiger partial charge in [-0.1, -0.05) is 0 Å². The molecule has 0 saturated carbocycles. The SMILES string of the molecule is Nc1nc2c(c(=O)[nH]1)[I-]CN2[C@@H]1O[C@H](CO)[C@H]2OB(c3ccccc3)O[C@H]21. The molecule has 2 fully saturated rings. The van der Waals surface area contributed by atoms with E-state index in [0.717, 1.165) is 5.46 Å².